The average Bonchev–Trinajstić information content (AvgIpc) is 2.39. The fourth-order valence-corrected chi connectivity index (χ4v) is 2.63. The first-order chi connectivity index (χ1) is 9.19. The summed E-state index contributed by atoms with van der Waals surface area (Å²) in [6.45, 7) is 2.96. The van der Waals surface area contributed by atoms with Gasteiger partial charge < -0.3 is 10.1 Å². The van der Waals surface area contributed by atoms with E-state index in [0.29, 0.717) is 12.3 Å². The highest BCUT2D eigenvalue weighted by molar-refractivity contribution is 7.80. The minimum atomic E-state index is 0.0988. The molecular weight excluding hydrogens is 258 g/mol. The van der Waals surface area contributed by atoms with Crippen molar-refractivity contribution in [3.8, 4) is 5.75 Å². The Hall–Kier alpha value is -1.16. The molecule has 4 heteroatoms. The lowest BCUT2D eigenvalue weighted by Crippen LogP contribution is -2.18. The van der Waals surface area contributed by atoms with Gasteiger partial charge in [0.15, 0.2) is 0 Å². The third-order valence-electron chi connectivity index (χ3n) is 3.47. The molecule has 0 saturated heterocycles. The van der Waals surface area contributed by atoms with Gasteiger partial charge in [0.2, 0.25) is 5.91 Å². The first kappa shape index (κ1) is 14.3. The molecule has 2 rings (SSSR count). The van der Waals surface area contributed by atoms with Crippen LogP contribution in [-0.2, 0) is 11.2 Å². The van der Waals surface area contributed by atoms with Gasteiger partial charge in [-0.25, -0.2) is 0 Å². The predicted octanol–water partition coefficient (Wildman–Crippen LogP) is 3.30. The molecule has 3 nitrogen and oxygen atoms in total. The molecule has 0 saturated carbocycles. The molecule has 0 aromatic heterocycles. The molecule has 0 fully saturated rings. The third kappa shape index (κ3) is 4.16. The van der Waals surface area contributed by atoms with Crippen molar-refractivity contribution in [3.63, 3.8) is 0 Å². The zero-order valence-electron chi connectivity index (χ0n) is 11.3. The fourth-order valence-electron chi connectivity index (χ4n) is 2.19. The molecule has 1 atom stereocenters. The zero-order chi connectivity index (χ0) is 13.7. The Bertz CT molecular complexity index is 448. The first-order valence-corrected chi connectivity index (χ1v) is 7.48. The Labute approximate surface area is 120 Å². The highest BCUT2D eigenvalue weighted by Crippen LogP contribution is 2.27. The topological polar surface area (TPSA) is 38.3 Å². The fraction of sp³-hybridized carbons (Fsp3) is 0.533. The second-order valence-corrected chi connectivity index (χ2v) is 5.57. The van der Waals surface area contributed by atoms with E-state index in [4.69, 9.17) is 4.74 Å². The molecule has 19 heavy (non-hydrogen) atoms. The van der Waals surface area contributed by atoms with Crippen LogP contribution >= 0.6 is 12.6 Å². The molecule has 1 unspecified atom stereocenters. The van der Waals surface area contributed by atoms with Crippen LogP contribution in [0.25, 0.3) is 0 Å². The number of thiol groups is 1. The number of nitrogens with one attached hydrogen (secondary N) is 1. The van der Waals surface area contributed by atoms with E-state index in [9.17, 15) is 4.79 Å². The van der Waals surface area contributed by atoms with Gasteiger partial charge in [0.05, 0.1) is 6.61 Å². The van der Waals surface area contributed by atoms with Crippen LogP contribution in [0.5, 0.6) is 5.75 Å². The highest BCUT2D eigenvalue weighted by Gasteiger charge is 2.15. The van der Waals surface area contributed by atoms with E-state index in [1.165, 1.54) is 5.56 Å². The van der Waals surface area contributed by atoms with Gasteiger partial charge in [-0.1, -0.05) is 6.92 Å². The number of hydrogen-bond acceptors (Lipinski definition) is 3. The number of hydrogen-bond donors (Lipinski definition) is 2. The molecule has 1 amide bonds. The van der Waals surface area contributed by atoms with Crippen molar-refractivity contribution in [1.29, 1.82) is 0 Å². The van der Waals surface area contributed by atoms with E-state index in [1.54, 1.807) is 0 Å². The summed E-state index contributed by atoms with van der Waals surface area (Å²) >= 11 is 4.24. The first-order valence-electron chi connectivity index (χ1n) is 6.85. The second-order valence-electron chi connectivity index (χ2n) is 5.12. The van der Waals surface area contributed by atoms with Crippen LogP contribution in [0.2, 0.25) is 0 Å². The van der Waals surface area contributed by atoms with Crippen molar-refractivity contribution >= 4 is 24.2 Å². The van der Waals surface area contributed by atoms with Gasteiger partial charge in [-0.2, -0.15) is 12.6 Å². The third-order valence-corrected chi connectivity index (χ3v) is 3.73. The van der Waals surface area contributed by atoms with Crippen molar-refractivity contribution in [2.24, 2.45) is 5.92 Å². The van der Waals surface area contributed by atoms with Gasteiger partial charge >= 0.3 is 0 Å². The lowest BCUT2D eigenvalue weighted by atomic mass is 10.0. The number of carbonyl (C=O) groups is 1. The lowest BCUT2D eigenvalue weighted by Gasteiger charge is -2.18. The van der Waals surface area contributed by atoms with Crippen LogP contribution in [0.3, 0.4) is 0 Å². The van der Waals surface area contributed by atoms with Crippen molar-refractivity contribution in [2.75, 3.05) is 17.7 Å². The van der Waals surface area contributed by atoms with E-state index < -0.39 is 0 Å². The van der Waals surface area contributed by atoms with E-state index in [-0.39, 0.29) is 5.91 Å². The molecule has 1 N–H and O–H groups in total. The van der Waals surface area contributed by atoms with Crippen molar-refractivity contribution < 1.29 is 9.53 Å². The Balaban J connectivity index is 1.86. The van der Waals surface area contributed by atoms with Gasteiger partial charge in [-0.05, 0) is 54.7 Å². The van der Waals surface area contributed by atoms with Crippen molar-refractivity contribution in [1.82, 2.24) is 0 Å². The molecule has 0 bridgehead atoms. The molecule has 0 radical (unpaired) electrons. The minimum absolute atomic E-state index is 0.0988. The summed E-state index contributed by atoms with van der Waals surface area (Å²) < 4.78 is 5.78. The molecule has 0 spiro atoms. The normalized spacial score (nSPS) is 15.6. The Kier molecular flexibility index (Phi) is 5.14. The summed E-state index contributed by atoms with van der Waals surface area (Å²) in [6, 6.07) is 5.89. The Morgan fingerprint density at radius 1 is 1.37 bits per heavy atom. The second kappa shape index (κ2) is 6.85. The molecule has 0 aliphatic carbocycles. The summed E-state index contributed by atoms with van der Waals surface area (Å²) in [5.41, 5.74) is 2.09. The lowest BCUT2D eigenvalue weighted by molar-refractivity contribution is -0.116. The summed E-state index contributed by atoms with van der Waals surface area (Å²) in [7, 11) is 0. The summed E-state index contributed by atoms with van der Waals surface area (Å²) in [6.07, 6.45) is 3.54. The highest BCUT2D eigenvalue weighted by atomic mass is 32.1. The van der Waals surface area contributed by atoms with Gasteiger partial charge in [0, 0.05) is 12.1 Å². The molecule has 1 heterocycles. The summed E-state index contributed by atoms with van der Waals surface area (Å²) in [5.74, 6) is 2.57. The summed E-state index contributed by atoms with van der Waals surface area (Å²) in [5, 5.41) is 2.88. The van der Waals surface area contributed by atoms with Crippen molar-refractivity contribution in [3.05, 3.63) is 23.8 Å². The molecule has 1 aliphatic rings. The van der Waals surface area contributed by atoms with Crippen LogP contribution in [0, 0.1) is 5.92 Å². The maximum atomic E-state index is 11.3. The smallest absolute Gasteiger partial charge is 0.224 e. The molecule has 1 aliphatic heterocycles. The number of aryl methyl sites for hydroxylation is 1. The predicted molar refractivity (Wildman–Crippen MR) is 81.1 cm³/mol. The van der Waals surface area contributed by atoms with E-state index in [1.807, 2.05) is 18.2 Å². The zero-order valence-corrected chi connectivity index (χ0v) is 12.2. The maximum absolute atomic E-state index is 11.3. The van der Waals surface area contributed by atoms with E-state index in [0.717, 1.165) is 43.1 Å². The van der Waals surface area contributed by atoms with Gasteiger partial charge in [0.1, 0.15) is 5.75 Å². The minimum Gasteiger partial charge on any atom is -0.494 e. The quantitative estimate of drug-likeness (QED) is 0.784. The van der Waals surface area contributed by atoms with Gasteiger partial charge in [-0.3, -0.25) is 4.79 Å². The van der Waals surface area contributed by atoms with Crippen LogP contribution in [0.15, 0.2) is 18.2 Å². The number of carbonyl (C=O) groups excluding carboxylic acids is 1. The van der Waals surface area contributed by atoms with Crippen LogP contribution in [0.1, 0.15) is 31.7 Å². The largest absolute Gasteiger partial charge is 0.494 e. The van der Waals surface area contributed by atoms with Gasteiger partial charge in [0.25, 0.3) is 0 Å². The SMILES string of the molecule is CC(CCS)CCOc1ccc2c(c1)CCC(=O)N2. The van der Waals surface area contributed by atoms with Crippen LogP contribution in [0.4, 0.5) is 5.69 Å². The molecule has 1 aromatic rings. The standard InChI is InChI=1S/C15H21NO2S/c1-11(7-9-19)6-8-18-13-3-4-14-12(10-13)2-5-15(17)16-14/h3-4,10-11,19H,2,5-9H2,1H3,(H,16,17). The number of anilines is 1. The monoisotopic (exact) mass is 279 g/mol. The molecule has 1 aromatic carbocycles. The van der Waals surface area contributed by atoms with Crippen LogP contribution in [-0.4, -0.2) is 18.3 Å². The maximum Gasteiger partial charge on any atom is 0.224 e. The molecule has 104 valence electrons. The van der Waals surface area contributed by atoms with E-state index in [2.05, 4.69) is 24.9 Å². The number of amides is 1. The van der Waals surface area contributed by atoms with E-state index >= 15 is 0 Å². The number of rotatable bonds is 6. The Morgan fingerprint density at radius 2 is 2.21 bits per heavy atom. The number of fused-ring (bicyclic) bond motifs is 1. The summed E-state index contributed by atoms with van der Waals surface area (Å²) in [4.78, 5) is 11.3. The van der Waals surface area contributed by atoms with Gasteiger partial charge in [-0.15, -0.1) is 0 Å². The van der Waals surface area contributed by atoms with Crippen LogP contribution < -0.4 is 10.1 Å². The number of ether oxygens (including phenoxy) is 1. The van der Waals surface area contributed by atoms with Crippen molar-refractivity contribution in [2.45, 2.75) is 32.6 Å². The average molecular weight is 279 g/mol. The number of benzene rings is 1. The Morgan fingerprint density at radius 3 is 3.00 bits per heavy atom. The molecular formula is C15H21NO2S.